The third kappa shape index (κ3) is 5.77. The number of carbonyl (C=O) groups excluding carboxylic acids is 2. The molecule has 2 heterocycles. The van der Waals surface area contributed by atoms with Gasteiger partial charge in [-0.25, -0.2) is 0 Å². The van der Waals surface area contributed by atoms with E-state index in [9.17, 15) is 9.59 Å². The van der Waals surface area contributed by atoms with Crippen LogP contribution in [0.5, 0.6) is 0 Å². The number of benzene rings is 2. The quantitative estimate of drug-likeness (QED) is 0.234. The molecule has 0 atom stereocenters. The summed E-state index contributed by atoms with van der Waals surface area (Å²) in [6, 6.07) is 18.3. The summed E-state index contributed by atoms with van der Waals surface area (Å²) in [6.45, 7) is 2.40. The lowest BCUT2D eigenvalue weighted by Crippen LogP contribution is -2.23. The monoisotopic (exact) mass is 473 g/mol. The van der Waals surface area contributed by atoms with Gasteiger partial charge in [0.25, 0.3) is 11.8 Å². The van der Waals surface area contributed by atoms with E-state index in [1.807, 2.05) is 54.1 Å². The Balaban J connectivity index is 1.41. The molecule has 7 heteroatoms. The summed E-state index contributed by atoms with van der Waals surface area (Å²) in [4.78, 5) is 26.5. The second-order valence-electron chi connectivity index (χ2n) is 7.52. The fourth-order valence-corrected chi connectivity index (χ4v) is 4.71. The van der Waals surface area contributed by atoms with Crippen LogP contribution in [0.25, 0.3) is 11.6 Å². The van der Waals surface area contributed by atoms with Crippen molar-refractivity contribution in [2.75, 3.05) is 11.1 Å². The summed E-state index contributed by atoms with van der Waals surface area (Å²) in [5.41, 5.74) is 11.1. The minimum absolute atomic E-state index is 0.138. The molecule has 0 bridgehead atoms. The predicted molar refractivity (Wildman–Crippen MR) is 138 cm³/mol. The standard InChI is InChI=1S/C26H23N3O2S2/c1-17-12-21(33-15-17)13-22(20-10-11-32-16-20)26(31)28-14-18-6-8-19(9-7-18)25(30)29-24-5-3-2-4-23(24)27/h2-13,15-16H,14,27H2,1H3,(H,28,31)(H,29,30). The predicted octanol–water partition coefficient (Wildman–Crippen LogP) is 5.81. The van der Waals surface area contributed by atoms with E-state index in [1.54, 1.807) is 46.9 Å². The number of aryl methyl sites for hydroxylation is 1. The zero-order valence-electron chi connectivity index (χ0n) is 18.0. The lowest BCUT2D eigenvalue weighted by atomic mass is 10.1. The molecule has 2 amide bonds. The molecule has 4 N–H and O–H groups in total. The maximum Gasteiger partial charge on any atom is 0.255 e. The Kier molecular flexibility index (Phi) is 7.02. The van der Waals surface area contributed by atoms with Crippen molar-refractivity contribution in [2.24, 2.45) is 0 Å². The first kappa shape index (κ1) is 22.5. The number of carbonyl (C=O) groups is 2. The van der Waals surface area contributed by atoms with Gasteiger partial charge in [-0.1, -0.05) is 24.3 Å². The van der Waals surface area contributed by atoms with Crippen molar-refractivity contribution in [3.63, 3.8) is 0 Å². The van der Waals surface area contributed by atoms with Crippen LogP contribution in [0.15, 0.2) is 76.8 Å². The van der Waals surface area contributed by atoms with Crippen LogP contribution in [0.3, 0.4) is 0 Å². The molecule has 0 saturated heterocycles. The summed E-state index contributed by atoms with van der Waals surface area (Å²) in [6.07, 6.45) is 1.93. The van der Waals surface area contributed by atoms with Gasteiger partial charge in [-0.3, -0.25) is 9.59 Å². The molecule has 0 spiro atoms. The fraction of sp³-hybridized carbons (Fsp3) is 0.0769. The van der Waals surface area contributed by atoms with E-state index in [0.717, 1.165) is 16.0 Å². The molecule has 0 aliphatic rings. The zero-order chi connectivity index (χ0) is 23.2. The number of hydrogen-bond donors (Lipinski definition) is 3. The molecule has 4 aromatic rings. The van der Waals surface area contributed by atoms with Crippen molar-refractivity contribution in [1.82, 2.24) is 5.32 Å². The number of amides is 2. The summed E-state index contributed by atoms with van der Waals surface area (Å²) in [7, 11) is 0. The van der Waals surface area contributed by atoms with E-state index in [2.05, 4.69) is 22.1 Å². The van der Waals surface area contributed by atoms with Crippen molar-refractivity contribution >= 4 is 57.5 Å². The Morgan fingerprint density at radius 3 is 2.45 bits per heavy atom. The van der Waals surface area contributed by atoms with Gasteiger partial charge in [-0.05, 0) is 82.2 Å². The van der Waals surface area contributed by atoms with Crippen LogP contribution >= 0.6 is 22.7 Å². The molecule has 0 fully saturated rings. The third-order valence-corrected chi connectivity index (χ3v) is 6.67. The molecule has 2 aromatic carbocycles. The molecule has 5 nitrogen and oxygen atoms in total. The molecule has 0 aliphatic heterocycles. The number of rotatable bonds is 7. The molecule has 0 unspecified atom stereocenters. The highest BCUT2D eigenvalue weighted by molar-refractivity contribution is 7.11. The average Bonchev–Trinajstić information content (AvgIpc) is 3.49. The van der Waals surface area contributed by atoms with Crippen LogP contribution in [0, 0.1) is 6.92 Å². The Bertz CT molecular complexity index is 1290. The van der Waals surface area contributed by atoms with E-state index in [-0.39, 0.29) is 11.8 Å². The Morgan fingerprint density at radius 1 is 1.00 bits per heavy atom. The largest absolute Gasteiger partial charge is 0.397 e. The molecule has 0 saturated carbocycles. The highest BCUT2D eigenvalue weighted by atomic mass is 32.1. The van der Waals surface area contributed by atoms with Gasteiger partial charge in [0.2, 0.25) is 0 Å². The maximum atomic E-state index is 13.0. The van der Waals surface area contributed by atoms with E-state index in [0.29, 0.717) is 29.1 Å². The molecule has 4 rings (SSSR count). The Labute approximate surface area is 200 Å². The van der Waals surface area contributed by atoms with Crippen molar-refractivity contribution in [3.8, 4) is 0 Å². The Morgan fingerprint density at radius 2 is 1.79 bits per heavy atom. The highest BCUT2D eigenvalue weighted by Crippen LogP contribution is 2.24. The highest BCUT2D eigenvalue weighted by Gasteiger charge is 2.14. The minimum atomic E-state index is -0.239. The topological polar surface area (TPSA) is 84.2 Å². The van der Waals surface area contributed by atoms with Crippen LogP contribution in [-0.2, 0) is 11.3 Å². The summed E-state index contributed by atoms with van der Waals surface area (Å²) in [5, 5.41) is 11.8. The van der Waals surface area contributed by atoms with Gasteiger partial charge in [-0.2, -0.15) is 11.3 Å². The number of nitrogen functional groups attached to an aromatic ring is 1. The van der Waals surface area contributed by atoms with Crippen LogP contribution in [0.4, 0.5) is 11.4 Å². The van der Waals surface area contributed by atoms with E-state index >= 15 is 0 Å². The second-order valence-corrected chi connectivity index (χ2v) is 9.24. The van der Waals surface area contributed by atoms with E-state index in [4.69, 9.17) is 5.73 Å². The van der Waals surface area contributed by atoms with Crippen molar-refractivity contribution < 1.29 is 9.59 Å². The molecule has 2 aromatic heterocycles. The minimum Gasteiger partial charge on any atom is -0.397 e. The van der Waals surface area contributed by atoms with Crippen LogP contribution in [0.2, 0.25) is 0 Å². The van der Waals surface area contributed by atoms with Gasteiger partial charge < -0.3 is 16.4 Å². The van der Waals surface area contributed by atoms with Crippen LogP contribution < -0.4 is 16.4 Å². The van der Waals surface area contributed by atoms with Gasteiger partial charge in [-0.15, -0.1) is 11.3 Å². The van der Waals surface area contributed by atoms with Gasteiger partial charge >= 0.3 is 0 Å². The lowest BCUT2D eigenvalue weighted by Gasteiger charge is -2.10. The van der Waals surface area contributed by atoms with Crippen LogP contribution in [0.1, 0.15) is 31.9 Å². The smallest absolute Gasteiger partial charge is 0.255 e. The van der Waals surface area contributed by atoms with Gasteiger partial charge in [0.1, 0.15) is 0 Å². The number of para-hydroxylation sites is 2. The Hall–Kier alpha value is -3.68. The summed E-state index contributed by atoms with van der Waals surface area (Å²) < 4.78 is 0. The van der Waals surface area contributed by atoms with Crippen molar-refractivity contribution in [1.29, 1.82) is 0 Å². The number of anilines is 2. The fourth-order valence-electron chi connectivity index (χ4n) is 3.23. The second kappa shape index (κ2) is 10.3. The number of hydrogen-bond acceptors (Lipinski definition) is 5. The molecule has 0 radical (unpaired) electrons. The number of thiophene rings is 2. The third-order valence-electron chi connectivity index (χ3n) is 4.99. The normalized spacial score (nSPS) is 11.2. The van der Waals surface area contributed by atoms with Gasteiger partial charge in [0.05, 0.1) is 11.4 Å². The van der Waals surface area contributed by atoms with Crippen molar-refractivity contribution in [2.45, 2.75) is 13.5 Å². The average molecular weight is 474 g/mol. The number of nitrogens with two attached hydrogens (primary N) is 1. The first-order chi connectivity index (χ1) is 16.0. The zero-order valence-corrected chi connectivity index (χ0v) is 19.6. The molecule has 0 aliphatic carbocycles. The first-order valence-corrected chi connectivity index (χ1v) is 12.1. The first-order valence-electron chi connectivity index (χ1n) is 10.3. The lowest BCUT2D eigenvalue weighted by molar-refractivity contribution is -0.115. The molecule has 33 heavy (non-hydrogen) atoms. The SMILES string of the molecule is Cc1csc(C=C(C(=O)NCc2ccc(C(=O)Nc3ccccc3N)cc2)c2ccsc2)c1. The molecular formula is C26H23N3O2S2. The maximum absolute atomic E-state index is 13.0. The molecular weight excluding hydrogens is 450 g/mol. The van der Waals surface area contributed by atoms with Crippen molar-refractivity contribution in [3.05, 3.63) is 104 Å². The van der Waals surface area contributed by atoms with Gasteiger partial charge in [0.15, 0.2) is 0 Å². The summed E-state index contributed by atoms with van der Waals surface area (Å²) in [5.74, 6) is -0.377. The van der Waals surface area contributed by atoms with E-state index in [1.165, 1.54) is 5.56 Å². The van der Waals surface area contributed by atoms with E-state index < -0.39 is 0 Å². The number of nitrogens with one attached hydrogen (secondary N) is 2. The molecule has 166 valence electrons. The van der Waals surface area contributed by atoms with Gasteiger partial charge in [0, 0.05) is 22.6 Å². The van der Waals surface area contributed by atoms with Crippen LogP contribution in [-0.4, -0.2) is 11.8 Å². The summed E-state index contributed by atoms with van der Waals surface area (Å²) >= 11 is 3.17.